The van der Waals surface area contributed by atoms with Gasteiger partial charge in [-0.05, 0) is 72.8 Å². The maximum absolute atomic E-state index is 11.9. The molecule has 13 heteroatoms. The van der Waals surface area contributed by atoms with Crippen molar-refractivity contribution in [2.45, 2.75) is 58.0 Å². The summed E-state index contributed by atoms with van der Waals surface area (Å²) < 4.78 is 22.7. The Kier molecular flexibility index (Phi) is 14.7. The van der Waals surface area contributed by atoms with Gasteiger partial charge < -0.3 is 10.4 Å². The zero-order valence-corrected chi connectivity index (χ0v) is 25.2. The van der Waals surface area contributed by atoms with Crippen molar-refractivity contribution in [1.82, 2.24) is 15.3 Å². The number of carboxylic acids is 1. The van der Waals surface area contributed by atoms with Crippen LogP contribution in [0.2, 0.25) is 0 Å². The van der Waals surface area contributed by atoms with Gasteiger partial charge in [-0.1, -0.05) is 27.2 Å². The number of sulfone groups is 1. The predicted molar refractivity (Wildman–Crippen MR) is 157 cm³/mol. The molecular formula is C30H35N3O9S. The van der Waals surface area contributed by atoms with E-state index in [2.05, 4.69) is 15.3 Å². The molecule has 0 aliphatic rings. The number of rotatable bonds is 17. The molecule has 1 amide bonds. The number of unbranched alkanes of at least 4 members (excludes halogenated alkanes) is 2. The summed E-state index contributed by atoms with van der Waals surface area (Å²) in [6.45, 7) is 4.89. The molecule has 1 aromatic rings. The molecule has 0 aromatic carbocycles. The molecule has 1 rings (SSSR count). The van der Waals surface area contributed by atoms with E-state index in [1.54, 1.807) is 20.8 Å². The second kappa shape index (κ2) is 17.3. The van der Waals surface area contributed by atoms with Crippen molar-refractivity contribution in [2.24, 2.45) is 5.41 Å². The van der Waals surface area contributed by atoms with Crippen LogP contribution in [0.15, 0.2) is 77.9 Å². The van der Waals surface area contributed by atoms with Crippen molar-refractivity contribution in [3.05, 3.63) is 78.3 Å². The van der Waals surface area contributed by atoms with Gasteiger partial charge in [0.25, 0.3) is 0 Å². The lowest BCUT2D eigenvalue weighted by Crippen LogP contribution is -2.18. The highest BCUT2D eigenvalue weighted by molar-refractivity contribution is 7.90. The second-order valence-corrected chi connectivity index (χ2v) is 12.2. The molecule has 0 spiro atoms. The Morgan fingerprint density at radius 3 is 1.74 bits per heavy atom. The van der Waals surface area contributed by atoms with E-state index in [1.165, 1.54) is 12.4 Å². The molecule has 0 bridgehead atoms. The summed E-state index contributed by atoms with van der Waals surface area (Å²) in [5.41, 5.74) is -0.114. The van der Waals surface area contributed by atoms with Gasteiger partial charge in [0.2, 0.25) is 20.9 Å². The number of nitrogens with zero attached hydrogens (tertiary/aromatic N) is 2. The van der Waals surface area contributed by atoms with Gasteiger partial charge in [-0.15, -0.1) is 0 Å². The average molecular weight is 614 g/mol. The minimum Gasteiger partial charge on any atom is -0.478 e. The van der Waals surface area contributed by atoms with Crippen LogP contribution in [-0.4, -0.2) is 64.8 Å². The van der Waals surface area contributed by atoms with Gasteiger partial charge in [0.15, 0.2) is 23.1 Å². The lowest BCUT2D eigenvalue weighted by Gasteiger charge is -2.18. The molecule has 0 fully saturated rings. The molecular weight excluding hydrogens is 578 g/mol. The monoisotopic (exact) mass is 613 g/mol. The number of nitrogens with one attached hydrogen (secondary N) is 1. The lowest BCUT2D eigenvalue weighted by atomic mass is 9.85. The fraction of sp³-hybridized carbons (Fsp3) is 0.333. The minimum absolute atomic E-state index is 0.120. The summed E-state index contributed by atoms with van der Waals surface area (Å²) >= 11 is 0. The van der Waals surface area contributed by atoms with Crippen LogP contribution in [0.4, 0.5) is 0 Å². The number of aliphatic carboxylic acids is 1. The number of allylic oxidation sites excluding steroid dienone is 8. The van der Waals surface area contributed by atoms with Crippen molar-refractivity contribution in [2.75, 3.05) is 6.26 Å². The van der Waals surface area contributed by atoms with Crippen molar-refractivity contribution in [1.29, 1.82) is 0 Å². The van der Waals surface area contributed by atoms with E-state index in [1.807, 2.05) is 0 Å². The summed E-state index contributed by atoms with van der Waals surface area (Å²) in [6, 6.07) is 0. The van der Waals surface area contributed by atoms with E-state index >= 15 is 0 Å². The third kappa shape index (κ3) is 15.8. The molecule has 2 N–H and O–H groups in total. The average Bonchev–Trinajstić information content (AvgIpc) is 2.91. The number of aromatic nitrogens is 2. The largest absolute Gasteiger partial charge is 0.478 e. The summed E-state index contributed by atoms with van der Waals surface area (Å²) in [5, 5.41) is 11.4. The second-order valence-electron chi connectivity index (χ2n) is 10.3. The summed E-state index contributed by atoms with van der Waals surface area (Å²) in [5.74, 6) is -4.19. The fourth-order valence-electron chi connectivity index (χ4n) is 3.19. The fourth-order valence-corrected chi connectivity index (χ4v) is 3.68. The van der Waals surface area contributed by atoms with E-state index in [-0.39, 0.29) is 23.1 Å². The third-order valence-electron chi connectivity index (χ3n) is 5.44. The van der Waals surface area contributed by atoms with E-state index in [4.69, 9.17) is 0 Å². The highest BCUT2D eigenvalue weighted by Crippen LogP contribution is 2.25. The molecule has 0 radical (unpaired) electrons. The SMILES string of the molecule is CC(C)(C)C(=CC(=O)C=CC(=O)C=CC(=O)C=CC(=O)C=CNC(=O)CCCCCc1cnc(S(C)(=O)=O)nc1)C(=O)O. The van der Waals surface area contributed by atoms with Crippen molar-refractivity contribution >= 4 is 44.8 Å². The van der Waals surface area contributed by atoms with Gasteiger partial charge in [-0.3, -0.25) is 24.0 Å². The molecule has 0 unspecified atom stereocenters. The molecule has 0 aliphatic carbocycles. The topological polar surface area (TPSA) is 195 Å². The van der Waals surface area contributed by atoms with Crippen LogP contribution >= 0.6 is 0 Å². The maximum atomic E-state index is 11.9. The lowest BCUT2D eigenvalue weighted by molar-refractivity contribution is -0.134. The zero-order valence-electron chi connectivity index (χ0n) is 24.4. The number of carboxylic acid groups (broad SMARTS) is 1. The van der Waals surface area contributed by atoms with Crippen LogP contribution < -0.4 is 5.32 Å². The molecule has 12 nitrogen and oxygen atoms in total. The first-order valence-electron chi connectivity index (χ1n) is 13.1. The van der Waals surface area contributed by atoms with Crippen molar-refractivity contribution < 1.29 is 42.3 Å². The van der Waals surface area contributed by atoms with Crippen LogP contribution in [0.25, 0.3) is 0 Å². The van der Waals surface area contributed by atoms with Crippen molar-refractivity contribution in [3.63, 3.8) is 0 Å². The number of hydrogen-bond acceptors (Lipinski definition) is 10. The smallest absolute Gasteiger partial charge is 0.332 e. The molecule has 0 saturated carbocycles. The molecule has 0 atom stereocenters. The summed E-state index contributed by atoms with van der Waals surface area (Å²) in [6.07, 6.45) is 15.5. The maximum Gasteiger partial charge on any atom is 0.332 e. The first-order chi connectivity index (χ1) is 20.0. The summed E-state index contributed by atoms with van der Waals surface area (Å²) in [4.78, 5) is 78.3. The van der Waals surface area contributed by atoms with E-state index in [9.17, 15) is 42.3 Å². The Bertz CT molecular complexity index is 1480. The number of aryl methyl sites for hydroxylation is 1. The van der Waals surface area contributed by atoms with Gasteiger partial charge in [0, 0.05) is 42.9 Å². The highest BCUT2D eigenvalue weighted by Gasteiger charge is 2.24. The molecule has 0 aliphatic heterocycles. The number of hydrogen-bond donors (Lipinski definition) is 2. The van der Waals surface area contributed by atoms with E-state index < -0.39 is 44.4 Å². The van der Waals surface area contributed by atoms with Gasteiger partial charge in [-0.2, -0.15) is 0 Å². The molecule has 1 aromatic heterocycles. The quantitative estimate of drug-likeness (QED) is 0.149. The Balaban J connectivity index is 2.38. The number of carbonyl (C=O) groups is 6. The highest BCUT2D eigenvalue weighted by atomic mass is 32.2. The third-order valence-corrected chi connectivity index (χ3v) is 6.31. The van der Waals surface area contributed by atoms with Gasteiger partial charge >= 0.3 is 5.97 Å². The first kappa shape index (κ1) is 36.4. The number of ketones is 4. The van der Waals surface area contributed by atoms with Gasteiger partial charge in [-0.25, -0.2) is 23.2 Å². The molecule has 43 heavy (non-hydrogen) atoms. The number of carbonyl (C=O) groups excluding carboxylic acids is 5. The van der Waals surface area contributed by atoms with Crippen molar-refractivity contribution in [3.8, 4) is 0 Å². The van der Waals surface area contributed by atoms with Crippen LogP contribution in [0, 0.1) is 5.41 Å². The van der Waals surface area contributed by atoms with Gasteiger partial charge in [0.1, 0.15) is 0 Å². The molecule has 0 saturated heterocycles. The Hall–Kier alpha value is -4.65. The standard InChI is InChI=1S/C30H35N3O9S/c1-30(2,3)26(28(39)40)18-25(37)15-14-23(35)11-10-22(34)12-13-24(36)16-17-31-27(38)9-7-5-6-8-21-19-32-29(33-20-21)43(4,41)42/h10-20H,5-9H2,1-4H3,(H,31,38)(H,39,40). The Morgan fingerprint density at radius 1 is 0.791 bits per heavy atom. The van der Waals surface area contributed by atoms with E-state index in [0.717, 1.165) is 79.5 Å². The van der Waals surface area contributed by atoms with Crippen LogP contribution in [0.1, 0.15) is 52.0 Å². The van der Waals surface area contributed by atoms with Crippen LogP contribution in [-0.2, 0) is 45.0 Å². The van der Waals surface area contributed by atoms with Crippen LogP contribution in [0.3, 0.4) is 0 Å². The number of amides is 1. The molecule has 1 heterocycles. The molecule has 230 valence electrons. The minimum atomic E-state index is -3.45. The summed E-state index contributed by atoms with van der Waals surface area (Å²) in [7, 11) is -3.45. The zero-order chi connectivity index (χ0) is 32.6. The Labute approximate surface area is 250 Å². The first-order valence-corrected chi connectivity index (χ1v) is 15.0. The Morgan fingerprint density at radius 2 is 1.28 bits per heavy atom. The van der Waals surface area contributed by atoms with E-state index in [0.29, 0.717) is 12.8 Å². The van der Waals surface area contributed by atoms with Crippen LogP contribution in [0.5, 0.6) is 0 Å². The predicted octanol–water partition coefficient (Wildman–Crippen LogP) is 2.62. The van der Waals surface area contributed by atoms with Gasteiger partial charge in [0.05, 0.1) is 0 Å². The normalized spacial score (nSPS) is 12.8.